The van der Waals surface area contributed by atoms with Crippen LogP contribution in [-0.2, 0) is 18.4 Å². The number of nitrogens with one attached hydrogen (secondary N) is 2. The van der Waals surface area contributed by atoms with Crippen molar-refractivity contribution in [3.05, 3.63) is 24.0 Å². The van der Waals surface area contributed by atoms with Crippen molar-refractivity contribution in [3.63, 3.8) is 0 Å². The summed E-state index contributed by atoms with van der Waals surface area (Å²) in [5.41, 5.74) is 1.23. The van der Waals surface area contributed by atoms with Gasteiger partial charge in [-0.3, -0.25) is 9.79 Å². The van der Waals surface area contributed by atoms with Crippen LogP contribution in [-0.4, -0.2) is 48.0 Å². The predicted octanol–water partition coefficient (Wildman–Crippen LogP) is 2.74. The van der Waals surface area contributed by atoms with Crippen LogP contribution in [0.2, 0.25) is 0 Å². The second-order valence-corrected chi connectivity index (χ2v) is 6.83. The number of carbonyl (C=O) groups is 1. The summed E-state index contributed by atoms with van der Waals surface area (Å²) >= 11 is 0. The molecule has 148 valence electrons. The molecule has 1 aliphatic rings. The highest BCUT2D eigenvalue weighted by atomic mass is 127. The number of halogens is 1. The van der Waals surface area contributed by atoms with Crippen LogP contribution in [0.4, 0.5) is 0 Å². The van der Waals surface area contributed by atoms with Crippen molar-refractivity contribution >= 4 is 35.8 Å². The first-order valence-corrected chi connectivity index (χ1v) is 9.49. The molecule has 0 unspecified atom stereocenters. The minimum atomic E-state index is 0. The summed E-state index contributed by atoms with van der Waals surface area (Å²) in [6.07, 6.45) is 7.77. The third kappa shape index (κ3) is 7.17. The van der Waals surface area contributed by atoms with Gasteiger partial charge < -0.3 is 20.1 Å². The Morgan fingerprint density at radius 3 is 2.65 bits per heavy atom. The van der Waals surface area contributed by atoms with E-state index in [2.05, 4.69) is 38.1 Å². The maximum absolute atomic E-state index is 12.2. The number of hydrogen-bond acceptors (Lipinski definition) is 2. The minimum absolute atomic E-state index is 0. The summed E-state index contributed by atoms with van der Waals surface area (Å²) in [5.74, 6) is 1.29. The summed E-state index contributed by atoms with van der Waals surface area (Å²) in [5, 5.41) is 6.37. The number of rotatable bonds is 7. The summed E-state index contributed by atoms with van der Waals surface area (Å²) in [4.78, 5) is 18.9. The molecule has 6 nitrogen and oxygen atoms in total. The molecule has 2 N–H and O–H groups in total. The van der Waals surface area contributed by atoms with E-state index in [0.29, 0.717) is 13.1 Å². The molecule has 1 aliphatic carbocycles. The quantitative estimate of drug-likeness (QED) is 0.276. The zero-order valence-corrected chi connectivity index (χ0v) is 18.7. The van der Waals surface area contributed by atoms with Gasteiger partial charge in [0.25, 0.3) is 0 Å². The molecule has 1 amide bonds. The van der Waals surface area contributed by atoms with Gasteiger partial charge in [-0.15, -0.1) is 24.0 Å². The van der Waals surface area contributed by atoms with Gasteiger partial charge in [-0.2, -0.15) is 0 Å². The molecule has 0 spiro atoms. The zero-order valence-electron chi connectivity index (χ0n) is 16.3. The van der Waals surface area contributed by atoms with Gasteiger partial charge in [0.05, 0.1) is 13.1 Å². The SMILES string of the molecule is CCNC(=NCCNC(=O)C1CCCCC1)N(C)Cc1cccn1C.I. The molecule has 0 bridgehead atoms. The summed E-state index contributed by atoms with van der Waals surface area (Å²) in [6.45, 7) is 4.88. The van der Waals surface area contributed by atoms with Crippen LogP contribution in [0.1, 0.15) is 44.7 Å². The highest BCUT2D eigenvalue weighted by molar-refractivity contribution is 14.0. The lowest BCUT2D eigenvalue weighted by Crippen LogP contribution is -2.39. The molecular weight excluding hydrogens is 441 g/mol. The molecule has 2 rings (SSSR count). The van der Waals surface area contributed by atoms with Crippen molar-refractivity contribution in [1.82, 2.24) is 20.1 Å². The van der Waals surface area contributed by atoms with Gasteiger partial charge in [-0.1, -0.05) is 19.3 Å². The monoisotopic (exact) mass is 475 g/mol. The molecule has 1 saturated carbocycles. The molecule has 0 aliphatic heterocycles. The van der Waals surface area contributed by atoms with E-state index in [-0.39, 0.29) is 35.8 Å². The molecule has 0 radical (unpaired) electrons. The van der Waals surface area contributed by atoms with Crippen LogP contribution < -0.4 is 10.6 Å². The van der Waals surface area contributed by atoms with Gasteiger partial charge in [0.15, 0.2) is 5.96 Å². The lowest BCUT2D eigenvalue weighted by Gasteiger charge is -2.23. The summed E-state index contributed by atoms with van der Waals surface area (Å²) in [7, 11) is 4.09. The van der Waals surface area contributed by atoms with Crippen LogP contribution in [0.15, 0.2) is 23.3 Å². The standard InChI is InChI=1S/C19H33N5O.HI/c1-4-20-19(24(3)15-17-11-8-14-23(17)2)22-13-12-21-18(25)16-9-6-5-7-10-16;/h8,11,14,16H,4-7,9-10,12-13,15H2,1-3H3,(H,20,22)(H,21,25);1H. The van der Waals surface area contributed by atoms with Crippen molar-refractivity contribution in [2.75, 3.05) is 26.7 Å². The number of nitrogens with zero attached hydrogens (tertiary/aromatic N) is 3. The van der Waals surface area contributed by atoms with E-state index in [0.717, 1.165) is 31.9 Å². The number of aryl methyl sites for hydroxylation is 1. The van der Waals surface area contributed by atoms with Crippen LogP contribution in [0.3, 0.4) is 0 Å². The number of aromatic nitrogens is 1. The van der Waals surface area contributed by atoms with Crippen LogP contribution in [0, 0.1) is 5.92 Å². The average Bonchev–Trinajstić information content (AvgIpc) is 3.03. The Labute approximate surface area is 174 Å². The number of guanidine groups is 1. The highest BCUT2D eigenvalue weighted by Crippen LogP contribution is 2.23. The lowest BCUT2D eigenvalue weighted by atomic mass is 9.89. The summed E-state index contributed by atoms with van der Waals surface area (Å²) < 4.78 is 2.12. The molecule has 26 heavy (non-hydrogen) atoms. The van der Waals surface area contributed by atoms with Crippen molar-refractivity contribution in [2.24, 2.45) is 18.0 Å². The van der Waals surface area contributed by atoms with Gasteiger partial charge in [0, 0.05) is 45.0 Å². The smallest absolute Gasteiger partial charge is 0.223 e. The largest absolute Gasteiger partial charge is 0.357 e. The topological polar surface area (TPSA) is 61.7 Å². The van der Waals surface area contributed by atoms with E-state index in [1.165, 1.54) is 25.0 Å². The third-order valence-corrected chi connectivity index (χ3v) is 4.80. The summed E-state index contributed by atoms with van der Waals surface area (Å²) in [6, 6.07) is 4.17. The molecule has 0 aromatic carbocycles. The molecule has 1 aromatic heterocycles. The molecular formula is C19H34IN5O. The lowest BCUT2D eigenvalue weighted by molar-refractivity contribution is -0.125. The molecule has 0 saturated heterocycles. The Hall–Kier alpha value is -1.25. The Morgan fingerprint density at radius 1 is 1.31 bits per heavy atom. The Kier molecular flexibility index (Phi) is 10.7. The fraction of sp³-hybridized carbons (Fsp3) is 0.684. The first-order chi connectivity index (χ1) is 12.1. The number of carbonyl (C=O) groups excluding carboxylic acids is 1. The first kappa shape index (κ1) is 22.8. The molecule has 0 atom stereocenters. The van der Waals surface area contributed by atoms with Crippen molar-refractivity contribution in [3.8, 4) is 0 Å². The van der Waals surface area contributed by atoms with Gasteiger partial charge >= 0.3 is 0 Å². The maximum atomic E-state index is 12.2. The highest BCUT2D eigenvalue weighted by Gasteiger charge is 2.20. The van der Waals surface area contributed by atoms with E-state index in [1.807, 2.05) is 26.4 Å². The van der Waals surface area contributed by atoms with E-state index in [1.54, 1.807) is 0 Å². The molecule has 1 fully saturated rings. The number of amides is 1. The van der Waals surface area contributed by atoms with Gasteiger partial charge in [0.1, 0.15) is 0 Å². The Morgan fingerprint density at radius 2 is 2.04 bits per heavy atom. The van der Waals surface area contributed by atoms with E-state index in [4.69, 9.17) is 0 Å². The third-order valence-electron chi connectivity index (χ3n) is 4.80. The van der Waals surface area contributed by atoms with Crippen LogP contribution in [0.25, 0.3) is 0 Å². The number of hydrogen-bond donors (Lipinski definition) is 2. The fourth-order valence-corrected chi connectivity index (χ4v) is 3.30. The Balaban J connectivity index is 0.00000338. The predicted molar refractivity (Wildman–Crippen MR) is 118 cm³/mol. The van der Waals surface area contributed by atoms with Crippen molar-refractivity contribution < 1.29 is 4.79 Å². The molecule has 1 aromatic rings. The maximum Gasteiger partial charge on any atom is 0.223 e. The average molecular weight is 475 g/mol. The molecule has 7 heteroatoms. The van der Waals surface area contributed by atoms with Gasteiger partial charge in [-0.05, 0) is 31.9 Å². The second-order valence-electron chi connectivity index (χ2n) is 6.83. The van der Waals surface area contributed by atoms with Gasteiger partial charge in [0.2, 0.25) is 5.91 Å². The minimum Gasteiger partial charge on any atom is -0.357 e. The van der Waals surface area contributed by atoms with E-state index >= 15 is 0 Å². The fourth-order valence-electron chi connectivity index (χ4n) is 3.30. The first-order valence-electron chi connectivity index (χ1n) is 9.49. The van der Waals surface area contributed by atoms with Crippen molar-refractivity contribution in [1.29, 1.82) is 0 Å². The normalized spacial score (nSPS) is 15.3. The van der Waals surface area contributed by atoms with Crippen LogP contribution >= 0.6 is 24.0 Å². The van der Waals surface area contributed by atoms with Crippen molar-refractivity contribution in [2.45, 2.75) is 45.6 Å². The van der Waals surface area contributed by atoms with E-state index in [9.17, 15) is 4.79 Å². The van der Waals surface area contributed by atoms with Crippen LogP contribution in [0.5, 0.6) is 0 Å². The van der Waals surface area contributed by atoms with E-state index < -0.39 is 0 Å². The second kappa shape index (κ2) is 12.2. The Bertz CT molecular complexity index is 566. The zero-order chi connectivity index (χ0) is 18.1. The molecule has 1 heterocycles. The number of aliphatic imine (C=N–C) groups is 1. The van der Waals surface area contributed by atoms with Gasteiger partial charge in [-0.25, -0.2) is 0 Å².